The molecule has 0 radical (unpaired) electrons. The first-order valence-electron chi connectivity index (χ1n) is 5.96. The first-order chi connectivity index (χ1) is 8.52. The Bertz CT molecular complexity index is 539. The molecule has 0 saturated carbocycles. The highest BCUT2D eigenvalue weighted by Gasteiger charge is 2.17. The molecule has 0 aliphatic carbocycles. The largest absolute Gasteiger partial charge is 0.275 e. The molecule has 0 aliphatic rings. The zero-order chi connectivity index (χ0) is 13.3. The van der Waals surface area contributed by atoms with E-state index in [0.717, 1.165) is 17.7 Å². The molecule has 0 aromatic carbocycles. The molecule has 0 amide bonds. The number of nitrogens with one attached hydrogen (secondary N) is 1. The topological polar surface area (TPSA) is 73.7 Å². The lowest BCUT2D eigenvalue weighted by Gasteiger charge is -2.14. The Labute approximate surface area is 107 Å². The molecule has 0 fully saturated rings. The number of aryl methyl sites for hydroxylation is 3. The summed E-state index contributed by atoms with van der Waals surface area (Å²) in [5.74, 6) is 5.65. The molecule has 1 unspecified atom stereocenters. The van der Waals surface area contributed by atoms with Crippen LogP contribution < -0.4 is 11.3 Å². The summed E-state index contributed by atoms with van der Waals surface area (Å²) in [7, 11) is 3.86. The highest BCUT2D eigenvalue weighted by atomic mass is 15.3. The Kier molecular flexibility index (Phi) is 3.49. The lowest BCUT2D eigenvalue weighted by atomic mass is 10.0. The molecule has 3 N–H and O–H groups in total. The van der Waals surface area contributed by atoms with E-state index in [9.17, 15) is 0 Å². The SMILES string of the molecule is Cc1nn(C)c(C)c1CC(NN)c1cnn(C)c1. The van der Waals surface area contributed by atoms with Gasteiger partial charge in [0, 0.05) is 31.5 Å². The van der Waals surface area contributed by atoms with Gasteiger partial charge in [0.2, 0.25) is 0 Å². The second kappa shape index (κ2) is 4.91. The molecule has 18 heavy (non-hydrogen) atoms. The first-order valence-corrected chi connectivity index (χ1v) is 5.96. The Morgan fingerprint density at radius 2 is 2.11 bits per heavy atom. The van der Waals surface area contributed by atoms with Crippen molar-refractivity contribution in [1.82, 2.24) is 25.0 Å². The Morgan fingerprint density at radius 1 is 1.39 bits per heavy atom. The highest BCUT2D eigenvalue weighted by molar-refractivity contribution is 5.27. The number of hydrogen-bond acceptors (Lipinski definition) is 4. The third kappa shape index (κ3) is 2.30. The minimum Gasteiger partial charge on any atom is -0.275 e. The van der Waals surface area contributed by atoms with Crippen LogP contribution in [0.5, 0.6) is 0 Å². The number of rotatable bonds is 4. The Hall–Kier alpha value is -1.66. The van der Waals surface area contributed by atoms with Crippen LogP contribution in [0.2, 0.25) is 0 Å². The summed E-state index contributed by atoms with van der Waals surface area (Å²) >= 11 is 0. The second-order valence-corrected chi connectivity index (χ2v) is 4.64. The van der Waals surface area contributed by atoms with Gasteiger partial charge < -0.3 is 0 Å². The van der Waals surface area contributed by atoms with Crippen LogP contribution in [0.3, 0.4) is 0 Å². The predicted molar refractivity (Wildman–Crippen MR) is 69.7 cm³/mol. The molecule has 0 spiro atoms. The van der Waals surface area contributed by atoms with Crippen molar-refractivity contribution in [3.05, 3.63) is 34.9 Å². The van der Waals surface area contributed by atoms with Gasteiger partial charge in [-0.25, -0.2) is 0 Å². The molecule has 2 aromatic rings. The van der Waals surface area contributed by atoms with E-state index in [0.29, 0.717) is 0 Å². The Balaban J connectivity index is 2.25. The summed E-state index contributed by atoms with van der Waals surface area (Å²) < 4.78 is 3.68. The number of hydrogen-bond donors (Lipinski definition) is 2. The van der Waals surface area contributed by atoms with E-state index in [4.69, 9.17) is 5.84 Å². The number of hydrazine groups is 1. The van der Waals surface area contributed by atoms with Crippen LogP contribution in [0, 0.1) is 13.8 Å². The summed E-state index contributed by atoms with van der Waals surface area (Å²) in [5.41, 5.74) is 7.41. The van der Waals surface area contributed by atoms with E-state index in [1.54, 1.807) is 4.68 Å². The molecule has 2 heterocycles. The van der Waals surface area contributed by atoms with Gasteiger partial charge >= 0.3 is 0 Å². The van der Waals surface area contributed by atoms with Crippen molar-refractivity contribution in [3.8, 4) is 0 Å². The van der Waals surface area contributed by atoms with Gasteiger partial charge in [-0.05, 0) is 25.8 Å². The average Bonchev–Trinajstić information content (AvgIpc) is 2.84. The summed E-state index contributed by atoms with van der Waals surface area (Å²) in [4.78, 5) is 0. The van der Waals surface area contributed by atoms with E-state index >= 15 is 0 Å². The fraction of sp³-hybridized carbons (Fsp3) is 0.500. The zero-order valence-corrected chi connectivity index (χ0v) is 11.3. The van der Waals surface area contributed by atoms with Crippen molar-refractivity contribution in [2.75, 3.05) is 0 Å². The molecule has 2 aromatic heterocycles. The van der Waals surface area contributed by atoms with Crippen molar-refractivity contribution in [2.24, 2.45) is 19.9 Å². The monoisotopic (exact) mass is 248 g/mol. The van der Waals surface area contributed by atoms with Crippen molar-refractivity contribution in [2.45, 2.75) is 26.3 Å². The molecule has 98 valence electrons. The van der Waals surface area contributed by atoms with Gasteiger partial charge in [-0.3, -0.25) is 20.6 Å². The van der Waals surface area contributed by atoms with Crippen molar-refractivity contribution in [1.29, 1.82) is 0 Å². The zero-order valence-electron chi connectivity index (χ0n) is 11.3. The molecule has 0 saturated heterocycles. The maximum Gasteiger partial charge on any atom is 0.0629 e. The van der Waals surface area contributed by atoms with Gasteiger partial charge in [0.25, 0.3) is 0 Å². The maximum absolute atomic E-state index is 5.65. The molecule has 6 nitrogen and oxygen atoms in total. The first kappa shape index (κ1) is 12.8. The third-order valence-electron chi connectivity index (χ3n) is 3.40. The molecular formula is C12H20N6. The summed E-state index contributed by atoms with van der Waals surface area (Å²) in [6, 6.07) is 0.0558. The van der Waals surface area contributed by atoms with Crippen molar-refractivity contribution < 1.29 is 0 Å². The van der Waals surface area contributed by atoms with E-state index in [-0.39, 0.29) is 6.04 Å². The third-order valence-corrected chi connectivity index (χ3v) is 3.40. The molecular weight excluding hydrogens is 228 g/mol. The second-order valence-electron chi connectivity index (χ2n) is 4.64. The van der Waals surface area contributed by atoms with E-state index < -0.39 is 0 Å². The average molecular weight is 248 g/mol. The summed E-state index contributed by atoms with van der Waals surface area (Å²) in [5, 5.41) is 8.60. The molecule has 0 aliphatic heterocycles. The van der Waals surface area contributed by atoms with Gasteiger partial charge in [-0.15, -0.1) is 0 Å². The van der Waals surface area contributed by atoms with Crippen LogP contribution in [0.1, 0.15) is 28.6 Å². The minimum atomic E-state index is 0.0558. The number of nitrogens with zero attached hydrogens (tertiary/aromatic N) is 4. The van der Waals surface area contributed by atoms with Gasteiger partial charge in [0.15, 0.2) is 0 Å². The van der Waals surface area contributed by atoms with Crippen molar-refractivity contribution >= 4 is 0 Å². The van der Waals surface area contributed by atoms with Crippen molar-refractivity contribution in [3.63, 3.8) is 0 Å². The lowest BCUT2D eigenvalue weighted by molar-refractivity contribution is 0.548. The van der Waals surface area contributed by atoms with Gasteiger partial charge in [-0.2, -0.15) is 10.2 Å². The van der Waals surface area contributed by atoms with Crippen LogP contribution in [-0.4, -0.2) is 19.6 Å². The van der Waals surface area contributed by atoms with Gasteiger partial charge in [-0.1, -0.05) is 0 Å². The molecule has 6 heteroatoms. The summed E-state index contributed by atoms with van der Waals surface area (Å²) in [6.07, 6.45) is 4.63. The minimum absolute atomic E-state index is 0.0558. The van der Waals surface area contributed by atoms with E-state index in [1.807, 2.05) is 38.1 Å². The fourth-order valence-electron chi connectivity index (χ4n) is 2.21. The fourth-order valence-corrected chi connectivity index (χ4v) is 2.21. The smallest absolute Gasteiger partial charge is 0.0629 e. The van der Waals surface area contributed by atoms with Gasteiger partial charge in [0.1, 0.15) is 0 Å². The molecule has 1 atom stereocenters. The van der Waals surface area contributed by atoms with E-state index in [2.05, 4.69) is 22.5 Å². The quantitative estimate of drug-likeness (QED) is 0.611. The van der Waals surface area contributed by atoms with Crippen LogP contribution in [0.15, 0.2) is 12.4 Å². The normalized spacial score (nSPS) is 12.9. The van der Waals surface area contributed by atoms with Crippen LogP contribution in [0.25, 0.3) is 0 Å². The maximum atomic E-state index is 5.65. The molecule has 2 rings (SSSR count). The molecule has 0 bridgehead atoms. The number of aromatic nitrogens is 4. The van der Waals surface area contributed by atoms with Crippen LogP contribution >= 0.6 is 0 Å². The van der Waals surface area contributed by atoms with Crippen LogP contribution in [0.4, 0.5) is 0 Å². The lowest BCUT2D eigenvalue weighted by Crippen LogP contribution is -2.29. The predicted octanol–water partition coefficient (Wildman–Crippen LogP) is 0.518. The Morgan fingerprint density at radius 3 is 2.56 bits per heavy atom. The standard InChI is InChI=1S/C12H20N6/c1-8-11(9(2)18(4)16-8)5-12(15-13)10-6-14-17(3)7-10/h6-7,12,15H,5,13H2,1-4H3. The number of nitrogens with two attached hydrogens (primary N) is 1. The van der Waals surface area contributed by atoms with Crippen LogP contribution in [-0.2, 0) is 20.5 Å². The highest BCUT2D eigenvalue weighted by Crippen LogP contribution is 2.21. The summed E-state index contributed by atoms with van der Waals surface area (Å²) in [6.45, 7) is 4.10. The van der Waals surface area contributed by atoms with Gasteiger partial charge in [0.05, 0.1) is 17.9 Å². The van der Waals surface area contributed by atoms with E-state index in [1.165, 1.54) is 11.3 Å².